The predicted octanol–water partition coefficient (Wildman–Crippen LogP) is 3.10. The third-order valence-corrected chi connectivity index (χ3v) is 3.04. The molecule has 0 atom stereocenters. The van der Waals surface area contributed by atoms with Crippen LogP contribution in [0.3, 0.4) is 0 Å². The minimum atomic E-state index is -0.639. The molecule has 0 aliphatic heterocycles. The van der Waals surface area contributed by atoms with Crippen molar-refractivity contribution in [3.05, 3.63) is 59.8 Å². The van der Waals surface area contributed by atoms with Crippen molar-refractivity contribution in [3.8, 4) is 18.4 Å². The van der Waals surface area contributed by atoms with Gasteiger partial charge in [0.05, 0.1) is 5.69 Å². The number of nitrogens with zero attached hydrogens (tertiary/aromatic N) is 3. The van der Waals surface area contributed by atoms with Gasteiger partial charge >= 0.3 is 6.09 Å². The van der Waals surface area contributed by atoms with Crippen LogP contribution in [-0.4, -0.2) is 23.4 Å². The zero-order valence-corrected chi connectivity index (χ0v) is 13.9. The summed E-state index contributed by atoms with van der Waals surface area (Å²) in [7, 11) is 0. The number of nitrogens with one attached hydrogen (secondary N) is 1. The summed E-state index contributed by atoms with van der Waals surface area (Å²) in [5.41, 5.74) is 1.35. The van der Waals surface area contributed by atoms with Crippen LogP contribution in [-0.2, 0) is 16.2 Å². The van der Waals surface area contributed by atoms with Gasteiger partial charge < -0.3 is 9.57 Å². The van der Waals surface area contributed by atoms with Crippen LogP contribution in [0.4, 0.5) is 10.6 Å². The first kappa shape index (κ1) is 18.5. The molecule has 1 amide bonds. The molecule has 7 nitrogen and oxygen atoms in total. The van der Waals surface area contributed by atoms with E-state index in [2.05, 4.69) is 21.4 Å². The number of ether oxygens (including phenoxy) is 1. The van der Waals surface area contributed by atoms with Crippen molar-refractivity contribution in [2.75, 3.05) is 11.9 Å². The van der Waals surface area contributed by atoms with Crippen LogP contribution < -0.4 is 5.32 Å². The molecule has 26 heavy (non-hydrogen) atoms. The number of terminal acetylenes is 1. The summed E-state index contributed by atoms with van der Waals surface area (Å²) in [5, 5.41) is 15.5. The average Bonchev–Trinajstić information content (AvgIpc) is 2.66. The maximum Gasteiger partial charge on any atom is 0.412 e. The molecule has 1 heterocycles. The van der Waals surface area contributed by atoms with E-state index in [1.165, 1.54) is 0 Å². The van der Waals surface area contributed by atoms with E-state index in [4.69, 9.17) is 21.3 Å². The molecule has 0 aliphatic rings. The molecule has 7 heteroatoms. The Labute approximate surface area is 151 Å². The summed E-state index contributed by atoms with van der Waals surface area (Å²) in [6.45, 7) is 0.177. The first-order chi connectivity index (χ1) is 12.7. The second-order valence-corrected chi connectivity index (χ2v) is 4.92. The quantitative estimate of drug-likeness (QED) is 0.359. The van der Waals surface area contributed by atoms with E-state index in [0.29, 0.717) is 23.5 Å². The van der Waals surface area contributed by atoms with Gasteiger partial charge in [-0.3, -0.25) is 5.32 Å². The largest absolute Gasteiger partial charge is 0.448 e. The van der Waals surface area contributed by atoms with E-state index >= 15 is 0 Å². The normalized spacial score (nSPS) is 10.3. The number of hydrogen-bond acceptors (Lipinski definition) is 6. The van der Waals surface area contributed by atoms with Crippen LogP contribution in [0.2, 0.25) is 0 Å². The van der Waals surface area contributed by atoms with Crippen molar-refractivity contribution in [1.29, 1.82) is 5.26 Å². The van der Waals surface area contributed by atoms with E-state index in [9.17, 15) is 4.79 Å². The van der Waals surface area contributed by atoms with Crippen molar-refractivity contribution < 1.29 is 14.4 Å². The topological polar surface area (TPSA) is 96.6 Å². The highest BCUT2D eigenvalue weighted by molar-refractivity contribution is 6.11. The molecule has 0 saturated carbocycles. The molecule has 130 valence electrons. The molecule has 0 spiro atoms. The average molecular weight is 348 g/mol. The van der Waals surface area contributed by atoms with Gasteiger partial charge in [-0.25, -0.2) is 9.78 Å². The van der Waals surface area contributed by atoms with Crippen LogP contribution >= 0.6 is 0 Å². The zero-order chi connectivity index (χ0) is 18.6. The standard InChI is InChI=1S/C19H16N4O3/c1-2-3-12-25-19(24)22-18-11-7-10-16(21-18)14-26-23-17(13-20)15-8-5-4-6-9-15/h1,4-11H,3,12,14H2,(H,21,22,24)/b23-17-. The maximum atomic E-state index is 11.6. The highest BCUT2D eigenvalue weighted by Crippen LogP contribution is 2.08. The van der Waals surface area contributed by atoms with E-state index < -0.39 is 6.09 Å². The van der Waals surface area contributed by atoms with Gasteiger partial charge in [-0.1, -0.05) is 41.6 Å². The van der Waals surface area contributed by atoms with Crippen LogP contribution in [0.1, 0.15) is 17.7 Å². The second-order valence-electron chi connectivity index (χ2n) is 4.92. The molecular formula is C19H16N4O3. The molecule has 0 aliphatic carbocycles. The van der Waals surface area contributed by atoms with Gasteiger partial charge in [0.2, 0.25) is 0 Å². The number of carbonyl (C=O) groups excluding carboxylic acids is 1. The molecule has 1 N–H and O–H groups in total. The molecule has 0 fully saturated rings. The van der Waals surface area contributed by atoms with Gasteiger partial charge in [-0.05, 0) is 12.1 Å². The molecule has 0 saturated heterocycles. The lowest BCUT2D eigenvalue weighted by atomic mass is 10.1. The third-order valence-electron chi connectivity index (χ3n) is 3.04. The van der Waals surface area contributed by atoms with Gasteiger partial charge in [0.15, 0.2) is 12.3 Å². The first-order valence-corrected chi connectivity index (χ1v) is 7.71. The van der Waals surface area contributed by atoms with Gasteiger partial charge in [0.1, 0.15) is 18.5 Å². The highest BCUT2D eigenvalue weighted by Gasteiger charge is 2.06. The van der Waals surface area contributed by atoms with E-state index in [-0.39, 0.29) is 18.9 Å². The van der Waals surface area contributed by atoms with Crippen molar-refractivity contribution >= 4 is 17.6 Å². The molecule has 0 bridgehead atoms. The Morgan fingerprint density at radius 3 is 2.77 bits per heavy atom. The molecule has 1 aromatic carbocycles. The maximum absolute atomic E-state index is 11.6. The van der Waals surface area contributed by atoms with Crippen molar-refractivity contribution in [3.63, 3.8) is 0 Å². The Hall–Kier alpha value is -3.84. The number of pyridine rings is 1. The second kappa shape index (κ2) is 10.1. The number of anilines is 1. The van der Waals surface area contributed by atoms with Crippen LogP contribution in [0.5, 0.6) is 0 Å². The highest BCUT2D eigenvalue weighted by atomic mass is 16.6. The number of amides is 1. The predicted molar refractivity (Wildman–Crippen MR) is 96.0 cm³/mol. The Balaban J connectivity index is 1.92. The number of carbonyl (C=O) groups is 1. The van der Waals surface area contributed by atoms with Crippen molar-refractivity contribution in [2.24, 2.45) is 5.16 Å². The van der Waals surface area contributed by atoms with Gasteiger partial charge in [-0.15, -0.1) is 12.3 Å². The minimum absolute atomic E-state index is 0.0413. The zero-order valence-electron chi connectivity index (χ0n) is 13.9. The minimum Gasteiger partial charge on any atom is -0.448 e. The van der Waals surface area contributed by atoms with Crippen LogP contribution in [0, 0.1) is 23.7 Å². The van der Waals surface area contributed by atoms with E-state index in [1.807, 2.05) is 24.3 Å². The SMILES string of the molecule is C#CCCOC(=O)Nc1cccc(CO/N=C(/C#N)c2ccccc2)n1. The molecule has 2 rings (SSSR count). The Morgan fingerprint density at radius 2 is 2.04 bits per heavy atom. The van der Waals surface area contributed by atoms with E-state index in [1.54, 1.807) is 30.3 Å². The van der Waals surface area contributed by atoms with Crippen LogP contribution in [0.15, 0.2) is 53.7 Å². The lowest BCUT2D eigenvalue weighted by molar-refractivity contribution is 0.128. The Morgan fingerprint density at radius 1 is 1.23 bits per heavy atom. The van der Waals surface area contributed by atoms with Gasteiger partial charge in [0.25, 0.3) is 0 Å². The molecule has 0 unspecified atom stereocenters. The Kier molecular flexibility index (Phi) is 7.20. The summed E-state index contributed by atoms with van der Waals surface area (Å²) in [6, 6.07) is 16.0. The lowest BCUT2D eigenvalue weighted by Crippen LogP contribution is -2.15. The molecule has 1 aromatic heterocycles. The number of nitriles is 1. The number of rotatable bonds is 7. The molecule has 2 aromatic rings. The fraction of sp³-hybridized carbons (Fsp3) is 0.158. The third kappa shape index (κ3) is 5.99. The summed E-state index contributed by atoms with van der Waals surface area (Å²) in [6.07, 6.45) is 4.79. The van der Waals surface area contributed by atoms with Gasteiger partial charge in [0, 0.05) is 12.0 Å². The number of hydrogen-bond donors (Lipinski definition) is 1. The summed E-state index contributed by atoms with van der Waals surface area (Å²) in [5.74, 6) is 2.68. The molecule has 0 radical (unpaired) electrons. The fourth-order valence-electron chi connectivity index (χ4n) is 1.87. The van der Waals surface area contributed by atoms with Crippen molar-refractivity contribution in [1.82, 2.24) is 4.98 Å². The summed E-state index contributed by atoms with van der Waals surface area (Å²) >= 11 is 0. The van der Waals surface area contributed by atoms with E-state index in [0.717, 1.165) is 0 Å². The number of aromatic nitrogens is 1. The first-order valence-electron chi connectivity index (χ1n) is 7.71. The lowest BCUT2D eigenvalue weighted by Gasteiger charge is -2.06. The number of benzene rings is 1. The summed E-state index contributed by atoms with van der Waals surface area (Å²) < 4.78 is 4.88. The number of oxime groups is 1. The fourth-order valence-corrected chi connectivity index (χ4v) is 1.87. The van der Waals surface area contributed by atoms with Gasteiger partial charge in [-0.2, -0.15) is 5.26 Å². The molecular weight excluding hydrogens is 332 g/mol. The summed E-state index contributed by atoms with van der Waals surface area (Å²) in [4.78, 5) is 21.0. The Bertz CT molecular complexity index is 851. The van der Waals surface area contributed by atoms with Crippen LogP contribution in [0.25, 0.3) is 0 Å². The smallest absolute Gasteiger partial charge is 0.412 e. The van der Waals surface area contributed by atoms with Crippen molar-refractivity contribution in [2.45, 2.75) is 13.0 Å². The monoisotopic (exact) mass is 348 g/mol.